The quantitative estimate of drug-likeness (QED) is 0.573. The van der Waals surface area contributed by atoms with Gasteiger partial charge in [-0.1, -0.05) is 6.07 Å². The molecule has 2 amide bonds. The molecule has 0 aliphatic carbocycles. The molecule has 1 N–H and O–H groups in total. The second kappa shape index (κ2) is 8.19. The van der Waals surface area contributed by atoms with E-state index in [4.69, 9.17) is 4.74 Å². The van der Waals surface area contributed by atoms with Crippen molar-refractivity contribution in [3.63, 3.8) is 0 Å². The SMILES string of the molecule is CC(C)(C)OC(=O)CN1C(=O)SC(=Cc2cccn2-c2cccc(C(=O)O)c2)C1=O. The van der Waals surface area contributed by atoms with Crippen LogP contribution in [-0.2, 0) is 14.3 Å². The van der Waals surface area contributed by atoms with E-state index in [1.807, 2.05) is 0 Å². The molecule has 1 saturated heterocycles. The first-order valence-corrected chi connectivity index (χ1v) is 9.85. The van der Waals surface area contributed by atoms with Crippen molar-refractivity contribution in [2.45, 2.75) is 26.4 Å². The van der Waals surface area contributed by atoms with Gasteiger partial charge in [-0.3, -0.25) is 19.3 Å². The van der Waals surface area contributed by atoms with Crippen molar-refractivity contribution in [1.82, 2.24) is 9.47 Å². The average molecular weight is 428 g/mol. The Kier molecular flexibility index (Phi) is 5.84. The Labute approximate surface area is 177 Å². The number of carboxylic acids is 1. The molecule has 0 bridgehead atoms. The van der Waals surface area contributed by atoms with Crippen LogP contribution < -0.4 is 0 Å². The molecule has 3 rings (SSSR count). The van der Waals surface area contributed by atoms with E-state index in [1.165, 1.54) is 18.2 Å². The number of nitrogens with zero attached hydrogens (tertiary/aromatic N) is 2. The van der Waals surface area contributed by atoms with Gasteiger partial charge < -0.3 is 14.4 Å². The van der Waals surface area contributed by atoms with Gasteiger partial charge in [-0.2, -0.15) is 0 Å². The number of ether oxygens (including phenoxy) is 1. The fourth-order valence-corrected chi connectivity index (χ4v) is 3.63. The number of carboxylic acid groups (broad SMARTS) is 1. The summed E-state index contributed by atoms with van der Waals surface area (Å²) in [5, 5.41) is 8.64. The smallest absolute Gasteiger partial charge is 0.335 e. The number of amides is 2. The van der Waals surface area contributed by atoms with Gasteiger partial charge in [0.1, 0.15) is 12.1 Å². The van der Waals surface area contributed by atoms with E-state index in [0.717, 1.165) is 16.7 Å². The number of carbonyl (C=O) groups is 4. The summed E-state index contributed by atoms with van der Waals surface area (Å²) in [6, 6.07) is 9.82. The minimum Gasteiger partial charge on any atom is -0.478 e. The van der Waals surface area contributed by atoms with Crippen molar-refractivity contribution in [3.8, 4) is 5.69 Å². The zero-order chi connectivity index (χ0) is 22.1. The third-order valence-electron chi connectivity index (χ3n) is 4.01. The number of aromatic carboxylic acids is 1. The van der Waals surface area contributed by atoms with Gasteiger partial charge in [-0.05, 0) is 68.9 Å². The van der Waals surface area contributed by atoms with E-state index in [0.29, 0.717) is 11.4 Å². The molecule has 1 aromatic carbocycles. The van der Waals surface area contributed by atoms with Gasteiger partial charge >= 0.3 is 11.9 Å². The highest BCUT2D eigenvalue weighted by Gasteiger charge is 2.37. The maximum absolute atomic E-state index is 12.7. The Bertz CT molecular complexity index is 1060. The van der Waals surface area contributed by atoms with E-state index in [2.05, 4.69) is 0 Å². The Morgan fingerprint density at radius 3 is 2.57 bits per heavy atom. The Morgan fingerprint density at radius 2 is 1.90 bits per heavy atom. The molecular weight excluding hydrogens is 408 g/mol. The highest BCUT2D eigenvalue weighted by atomic mass is 32.2. The summed E-state index contributed by atoms with van der Waals surface area (Å²) in [7, 11) is 0. The van der Waals surface area contributed by atoms with Crippen LogP contribution in [0.1, 0.15) is 36.8 Å². The fourth-order valence-electron chi connectivity index (χ4n) is 2.81. The topological polar surface area (TPSA) is 106 Å². The first-order chi connectivity index (χ1) is 14.0. The van der Waals surface area contributed by atoms with Crippen LogP contribution in [0.4, 0.5) is 4.79 Å². The van der Waals surface area contributed by atoms with Crippen molar-refractivity contribution in [2.75, 3.05) is 6.54 Å². The van der Waals surface area contributed by atoms with Crippen LogP contribution in [-0.4, -0.2) is 49.8 Å². The lowest BCUT2D eigenvalue weighted by Gasteiger charge is -2.21. The molecule has 0 unspecified atom stereocenters. The van der Waals surface area contributed by atoms with Crippen LogP contribution in [0.15, 0.2) is 47.5 Å². The number of thioether (sulfide) groups is 1. The van der Waals surface area contributed by atoms with Crippen molar-refractivity contribution in [3.05, 3.63) is 58.8 Å². The molecule has 9 heteroatoms. The van der Waals surface area contributed by atoms with Crippen molar-refractivity contribution in [1.29, 1.82) is 0 Å². The number of benzene rings is 1. The van der Waals surface area contributed by atoms with Gasteiger partial charge in [-0.15, -0.1) is 0 Å². The largest absolute Gasteiger partial charge is 0.478 e. The molecule has 0 radical (unpaired) electrons. The summed E-state index contributed by atoms with van der Waals surface area (Å²) in [4.78, 5) is 49.1. The monoisotopic (exact) mass is 428 g/mol. The molecule has 30 heavy (non-hydrogen) atoms. The number of hydrogen-bond acceptors (Lipinski definition) is 6. The number of aromatic nitrogens is 1. The molecule has 1 aliphatic rings. The summed E-state index contributed by atoms with van der Waals surface area (Å²) in [5.74, 6) is -2.29. The summed E-state index contributed by atoms with van der Waals surface area (Å²) < 4.78 is 6.88. The van der Waals surface area contributed by atoms with E-state index in [9.17, 15) is 24.3 Å². The standard InChI is InChI=1S/C21H20N2O6S/c1-21(2,3)29-17(24)12-23-18(25)16(30-20(23)28)11-15-8-5-9-22(15)14-7-4-6-13(10-14)19(26)27/h4-11H,12H2,1-3H3,(H,26,27). The summed E-state index contributed by atoms with van der Waals surface area (Å²) in [6.07, 6.45) is 3.26. The Balaban J connectivity index is 1.84. The maximum atomic E-state index is 12.7. The van der Waals surface area contributed by atoms with Crippen LogP contribution in [0.3, 0.4) is 0 Å². The third kappa shape index (κ3) is 4.80. The fraction of sp³-hybridized carbons (Fsp3) is 0.238. The van der Waals surface area contributed by atoms with Gasteiger partial charge in [-0.25, -0.2) is 4.79 Å². The third-order valence-corrected chi connectivity index (χ3v) is 4.92. The Morgan fingerprint density at radius 1 is 1.17 bits per heavy atom. The lowest BCUT2D eigenvalue weighted by Crippen LogP contribution is -2.37. The van der Waals surface area contributed by atoms with Gasteiger partial charge in [0.05, 0.1) is 10.5 Å². The number of rotatable bonds is 5. The number of carbonyl (C=O) groups excluding carboxylic acids is 3. The Hall–Kier alpha value is -3.33. The van der Waals surface area contributed by atoms with Crippen molar-refractivity contribution < 1.29 is 29.0 Å². The molecule has 0 spiro atoms. The van der Waals surface area contributed by atoms with Gasteiger partial charge in [0, 0.05) is 17.6 Å². The van der Waals surface area contributed by atoms with Gasteiger partial charge in [0.25, 0.3) is 11.1 Å². The lowest BCUT2D eigenvalue weighted by molar-refractivity contribution is -0.156. The zero-order valence-corrected chi connectivity index (χ0v) is 17.4. The summed E-state index contributed by atoms with van der Waals surface area (Å²) >= 11 is 0.735. The van der Waals surface area contributed by atoms with Crippen LogP contribution in [0.5, 0.6) is 0 Å². The highest BCUT2D eigenvalue weighted by molar-refractivity contribution is 8.18. The van der Waals surface area contributed by atoms with Crippen molar-refractivity contribution >= 4 is 40.9 Å². The molecule has 1 aromatic heterocycles. The van der Waals surface area contributed by atoms with E-state index >= 15 is 0 Å². The molecule has 156 valence electrons. The van der Waals surface area contributed by atoms with E-state index < -0.39 is 35.2 Å². The number of imide groups is 1. The molecule has 0 atom stereocenters. The highest BCUT2D eigenvalue weighted by Crippen LogP contribution is 2.32. The second-order valence-electron chi connectivity index (χ2n) is 7.51. The van der Waals surface area contributed by atoms with Crippen LogP contribution >= 0.6 is 11.8 Å². The minimum absolute atomic E-state index is 0.129. The van der Waals surface area contributed by atoms with E-state index in [-0.39, 0.29) is 10.5 Å². The average Bonchev–Trinajstić information content (AvgIpc) is 3.21. The second-order valence-corrected chi connectivity index (χ2v) is 8.51. The molecule has 1 aliphatic heterocycles. The van der Waals surface area contributed by atoms with Crippen LogP contribution in [0, 0.1) is 0 Å². The van der Waals surface area contributed by atoms with E-state index in [1.54, 1.807) is 55.8 Å². The maximum Gasteiger partial charge on any atom is 0.335 e. The molecule has 2 heterocycles. The summed E-state index contributed by atoms with van der Waals surface area (Å²) in [6.45, 7) is 4.64. The predicted molar refractivity (Wildman–Crippen MR) is 111 cm³/mol. The minimum atomic E-state index is -1.05. The predicted octanol–water partition coefficient (Wildman–Crippen LogP) is 3.55. The normalized spacial score (nSPS) is 15.7. The molecule has 0 saturated carbocycles. The molecular formula is C21H20N2O6S. The summed E-state index contributed by atoms with van der Waals surface area (Å²) in [5.41, 5.74) is 0.587. The molecule has 8 nitrogen and oxygen atoms in total. The molecule has 1 fully saturated rings. The van der Waals surface area contributed by atoms with Crippen LogP contribution in [0.2, 0.25) is 0 Å². The molecule has 2 aromatic rings. The van der Waals surface area contributed by atoms with Crippen molar-refractivity contribution in [2.24, 2.45) is 0 Å². The van der Waals surface area contributed by atoms with Gasteiger partial charge in [0.15, 0.2) is 0 Å². The lowest BCUT2D eigenvalue weighted by atomic mass is 10.2. The number of hydrogen-bond donors (Lipinski definition) is 1. The number of esters is 1. The first kappa shape index (κ1) is 21.4. The zero-order valence-electron chi connectivity index (χ0n) is 16.6. The first-order valence-electron chi connectivity index (χ1n) is 9.03. The van der Waals surface area contributed by atoms with Gasteiger partial charge in [0.2, 0.25) is 0 Å². The van der Waals surface area contributed by atoms with Crippen LogP contribution in [0.25, 0.3) is 11.8 Å².